The Morgan fingerprint density at radius 2 is 1.83 bits per heavy atom. The van der Waals surface area contributed by atoms with E-state index in [1.807, 2.05) is 12.1 Å². The lowest BCUT2D eigenvalue weighted by Crippen LogP contribution is -2.40. The first-order chi connectivity index (χ1) is 11.7. The molecule has 1 unspecified atom stereocenters. The van der Waals surface area contributed by atoms with Gasteiger partial charge in [-0.2, -0.15) is 0 Å². The summed E-state index contributed by atoms with van der Waals surface area (Å²) in [5.74, 6) is 0.660. The average Bonchev–Trinajstić information content (AvgIpc) is 2.62. The average molecular weight is 325 g/mol. The van der Waals surface area contributed by atoms with E-state index < -0.39 is 12.1 Å². The summed E-state index contributed by atoms with van der Waals surface area (Å²) in [6.45, 7) is 3.46. The van der Waals surface area contributed by atoms with Gasteiger partial charge >= 0.3 is 5.97 Å². The molecule has 0 saturated carbocycles. The van der Waals surface area contributed by atoms with Crippen molar-refractivity contribution in [1.82, 2.24) is 0 Å². The summed E-state index contributed by atoms with van der Waals surface area (Å²) in [4.78, 5) is 23.4. The molecule has 6 heteroatoms. The lowest BCUT2D eigenvalue weighted by atomic mass is 10.2. The Balaban J connectivity index is 1.61. The molecular formula is C18H15NO5. The number of benzene rings is 2. The van der Waals surface area contributed by atoms with Crippen LogP contribution in [0.25, 0.3) is 0 Å². The third kappa shape index (κ3) is 3.55. The smallest absolute Gasteiger partial charge is 0.335 e. The van der Waals surface area contributed by atoms with Gasteiger partial charge in [-0.25, -0.2) is 4.79 Å². The molecule has 2 aromatic carbocycles. The minimum Gasteiger partial charge on any atom is -0.485 e. The van der Waals surface area contributed by atoms with E-state index in [1.54, 1.807) is 36.4 Å². The summed E-state index contributed by atoms with van der Waals surface area (Å²) in [7, 11) is 0. The van der Waals surface area contributed by atoms with Gasteiger partial charge in [-0.15, -0.1) is 0 Å². The van der Waals surface area contributed by atoms with Gasteiger partial charge in [-0.3, -0.25) is 4.79 Å². The van der Waals surface area contributed by atoms with E-state index in [0.29, 0.717) is 22.9 Å². The Morgan fingerprint density at radius 3 is 2.54 bits per heavy atom. The molecule has 1 aliphatic rings. The standard InChI is InChI=1S/C18H15NO5/c1-2-17(20)23-13-9-7-12(8-10-13)19-18(21)16-11-22-14-5-3-4-6-15(14)24-16/h2-10,16H,1,11H2,(H,19,21). The van der Waals surface area contributed by atoms with Crippen LogP contribution in [0.3, 0.4) is 0 Å². The summed E-state index contributed by atoms with van der Waals surface area (Å²) in [6, 6.07) is 13.6. The number of esters is 1. The van der Waals surface area contributed by atoms with Crippen LogP contribution in [0.5, 0.6) is 17.2 Å². The highest BCUT2D eigenvalue weighted by molar-refractivity contribution is 5.94. The van der Waals surface area contributed by atoms with Crippen LogP contribution in [-0.2, 0) is 9.59 Å². The number of carbonyl (C=O) groups is 2. The summed E-state index contributed by atoms with van der Waals surface area (Å²) in [5.41, 5.74) is 0.556. The third-order valence-electron chi connectivity index (χ3n) is 3.31. The number of anilines is 1. The molecule has 1 N–H and O–H groups in total. The Labute approximate surface area is 138 Å². The predicted molar refractivity (Wildman–Crippen MR) is 87.3 cm³/mol. The number of nitrogens with one attached hydrogen (secondary N) is 1. The van der Waals surface area contributed by atoms with Crippen molar-refractivity contribution in [3.8, 4) is 17.2 Å². The Bertz CT molecular complexity index is 769. The van der Waals surface area contributed by atoms with Gasteiger partial charge in [0, 0.05) is 11.8 Å². The van der Waals surface area contributed by atoms with Crippen molar-refractivity contribution in [1.29, 1.82) is 0 Å². The topological polar surface area (TPSA) is 73.9 Å². The van der Waals surface area contributed by atoms with Crippen molar-refractivity contribution in [2.45, 2.75) is 6.10 Å². The van der Waals surface area contributed by atoms with Crippen LogP contribution in [0, 0.1) is 0 Å². The number of amides is 1. The first-order valence-electron chi connectivity index (χ1n) is 7.29. The molecule has 0 aromatic heterocycles. The minimum absolute atomic E-state index is 0.137. The fourth-order valence-corrected chi connectivity index (χ4v) is 2.14. The monoisotopic (exact) mass is 325 g/mol. The van der Waals surface area contributed by atoms with E-state index in [0.717, 1.165) is 6.08 Å². The fourth-order valence-electron chi connectivity index (χ4n) is 2.14. The number of hydrogen-bond donors (Lipinski definition) is 1. The van der Waals surface area contributed by atoms with Crippen molar-refractivity contribution in [2.75, 3.05) is 11.9 Å². The van der Waals surface area contributed by atoms with Crippen molar-refractivity contribution < 1.29 is 23.8 Å². The van der Waals surface area contributed by atoms with E-state index in [9.17, 15) is 9.59 Å². The van der Waals surface area contributed by atoms with Crippen molar-refractivity contribution >= 4 is 17.6 Å². The van der Waals surface area contributed by atoms with Crippen molar-refractivity contribution in [3.63, 3.8) is 0 Å². The first kappa shape index (κ1) is 15.6. The second-order valence-electron chi connectivity index (χ2n) is 5.00. The van der Waals surface area contributed by atoms with Crippen LogP contribution < -0.4 is 19.5 Å². The first-order valence-corrected chi connectivity index (χ1v) is 7.29. The molecule has 1 heterocycles. The molecular weight excluding hydrogens is 310 g/mol. The third-order valence-corrected chi connectivity index (χ3v) is 3.31. The lowest BCUT2D eigenvalue weighted by Gasteiger charge is -2.25. The zero-order valence-electron chi connectivity index (χ0n) is 12.7. The highest BCUT2D eigenvalue weighted by atomic mass is 16.6. The number of fused-ring (bicyclic) bond motifs is 1. The van der Waals surface area contributed by atoms with E-state index in [1.165, 1.54) is 0 Å². The molecule has 3 rings (SSSR count). The number of ether oxygens (including phenoxy) is 3. The van der Waals surface area contributed by atoms with Gasteiger partial charge in [-0.05, 0) is 36.4 Å². The van der Waals surface area contributed by atoms with E-state index >= 15 is 0 Å². The summed E-state index contributed by atoms with van der Waals surface area (Å²) < 4.78 is 16.1. The molecule has 0 saturated heterocycles. The lowest BCUT2D eigenvalue weighted by molar-refractivity contribution is -0.129. The second kappa shape index (κ2) is 6.87. The molecule has 0 radical (unpaired) electrons. The molecule has 0 spiro atoms. The van der Waals surface area contributed by atoms with Crippen LogP contribution >= 0.6 is 0 Å². The SMILES string of the molecule is C=CC(=O)Oc1ccc(NC(=O)C2COc3ccccc3O2)cc1. The van der Waals surface area contributed by atoms with Crippen LogP contribution in [0.1, 0.15) is 0 Å². The van der Waals surface area contributed by atoms with Crippen LogP contribution in [0.15, 0.2) is 61.2 Å². The molecule has 2 aromatic rings. The number of hydrogen-bond acceptors (Lipinski definition) is 5. The maximum absolute atomic E-state index is 12.3. The maximum Gasteiger partial charge on any atom is 0.335 e. The second-order valence-corrected chi connectivity index (χ2v) is 5.00. The van der Waals surface area contributed by atoms with Gasteiger partial charge in [0.2, 0.25) is 6.10 Å². The predicted octanol–water partition coefficient (Wildman–Crippen LogP) is 2.56. The molecule has 24 heavy (non-hydrogen) atoms. The van der Waals surface area contributed by atoms with Gasteiger partial charge < -0.3 is 19.5 Å². The summed E-state index contributed by atoms with van der Waals surface area (Å²) in [5, 5.41) is 2.73. The zero-order chi connectivity index (χ0) is 16.9. The van der Waals surface area contributed by atoms with Crippen LogP contribution in [0.2, 0.25) is 0 Å². The Morgan fingerprint density at radius 1 is 1.12 bits per heavy atom. The number of carbonyl (C=O) groups excluding carboxylic acids is 2. The highest BCUT2D eigenvalue weighted by Crippen LogP contribution is 2.31. The molecule has 0 bridgehead atoms. The van der Waals surface area contributed by atoms with Gasteiger partial charge in [0.25, 0.3) is 5.91 Å². The van der Waals surface area contributed by atoms with Gasteiger partial charge in [-0.1, -0.05) is 18.7 Å². The van der Waals surface area contributed by atoms with Crippen molar-refractivity contribution in [2.24, 2.45) is 0 Å². The minimum atomic E-state index is -0.738. The van der Waals surface area contributed by atoms with Gasteiger partial charge in [0.05, 0.1) is 0 Å². The molecule has 1 aliphatic heterocycles. The number of rotatable bonds is 4. The van der Waals surface area contributed by atoms with Gasteiger partial charge in [0.1, 0.15) is 12.4 Å². The Kier molecular flexibility index (Phi) is 4.47. The summed E-state index contributed by atoms with van der Waals surface area (Å²) >= 11 is 0. The van der Waals surface area contributed by atoms with Crippen molar-refractivity contribution in [3.05, 3.63) is 61.2 Å². The quantitative estimate of drug-likeness (QED) is 0.531. The molecule has 1 atom stereocenters. The largest absolute Gasteiger partial charge is 0.485 e. The Hall–Kier alpha value is -3.28. The molecule has 1 amide bonds. The van der Waals surface area contributed by atoms with Crippen LogP contribution in [-0.4, -0.2) is 24.6 Å². The van der Waals surface area contributed by atoms with E-state index in [4.69, 9.17) is 14.2 Å². The van der Waals surface area contributed by atoms with Gasteiger partial charge in [0.15, 0.2) is 11.5 Å². The maximum atomic E-state index is 12.3. The number of para-hydroxylation sites is 2. The van der Waals surface area contributed by atoms with E-state index in [-0.39, 0.29) is 12.5 Å². The van der Waals surface area contributed by atoms with Crippen LogP contribution in [0.4, 0.5) is 5.69 Å². The highest BCUT2D eigenvalue weighted by Gasteiger charge is 2.27. The summed E-state index contributed by atoms with van der Waals surface area (Å²) in [6.07, 6.45) is 0.340. The zero-order valence-corrected chi connectivity index (χ0v) is 12.7. The fraction of sp³-hybridized carbons (Fsp3) is 0.111. The molecule has 122 valence electrons. The van der Waals surface area contributed by atoms with E-state index in [2.05, 4.69) is 11.9 Å². The molecule has 0 fully saturated rings. The molecule has 6 nitrogen and oxygen atoms in total. The molecule has 0 aliphatic carbocycles. The normalized spacial score (nSPS) is 15.2.